The Morgan fingerprint density at radius 3 is 2.43 bits per heavy atom. The molecule has 0 spiro atoms. The number of amides is 1. The second-order valence-corrected chi connectivity index (χ2v) is 8.29. The normalized spacial score (nSPS) is 11.0. The Hall–Kier alpha value is -3.07. The maximum absolute atomic E-state index is 12.6. The van der Waals surface area contributed by atoms with Crippen LogP contribution in [0, 0.1) is 0 Å². The lowest BCUT2D eigenvalue weighted by molar-refractivity contribution is 0.102. The van der Waals surface area contributed by atoms with E-state index in [-0.39, 0.29) is 17.4 Å². The van der Waals surface area contributed by atoms with Crippen molar-refractivity contribution in [3.8, 4) is 11.5 Å². The largest absolute Gasteiger partial charge is 0.496 e. The van der Waals surface area contributed by atoms with Crippen molar-refractivity contribution in [2.45, 2.75) is 11.5 Å². The third kappa shape index (κ3) is 5.50. The monoisotopic (exact) mass is 446 g/mol. The molecule has 0 aliphatic heterocycles. The van der Waals surface area contributed by atoms with Gasteiger partial charge in [-0.15, -0.1) is 0 Å². The van der Waals surface area contributed by atoms with Crippen LogP contribution in [0.3, 0.4) is 0 Å². The highest BCUT2D eigenvalue weighted by Gasteiger charge is 2.13. The number of rotatable bonds is 7. The number of benzene rings is 3. The molecule has 0 fully saturated rings. The number of hydrogen-bond acceptors (Lipinski definition) is 5. The Morgan fingerprint density at radius 2 is 1.80 bits per heavy atom. The van der Waals surface area contributed by atoms with E-state index in [1.807, 2.05) is 0 Å². The molecule has 156 valence electrons. The van der Waals surface area contributed by atoms with E-state index >= 15 is 0 Å². The van der Waals surface area contributed by atoms with Gasteiger partial charge in [0.2, 0.25) is 10.0 Å². The molecule has 0 bridgehead atoms. The minimum Gasteiger partial charge on any atom is -0.496 e. The molecular weight excluding hydrogens is 428 g/mol. The van der Waals surface area contributed by atoms with Crippen molar-refractivity contribution in [1.82, 2.24) is 0 Å². The molecule has 1 amide bonds. The first kappa shape index (κ1) is 21.6. The number of methoxy groups -OCH3 is 1. The van der Waals surface area contributed by atoms with Crippen LogP contribution < -0.4 is 19.9 Å². The van der Waals surface area contributed by atoms with Gasteiger partial charge in [-0.25, -0.2) is 13.6 Å². The Labute approximate surface area is 179 Å². The molecule has 0 aliphatic carbocycles. The zero-order valence-electron chi connectivity index (χ0n) is 16.0. The summed E-state index contributed by atoms with van der Waals surface area (Å²) < 4.78 is 33.8. The van der Waals surface area contributed by atoms with Gasteiger partial charge in [0.1, 0.15) is 18.1 Å². The molecule has 0 atom stereocenters. The fourth-order valence-electron chi connectivity index (χ4n) is 2.68. The molecule has 0 aromatic heterocycles. The average Bonchev–Trinajstić information content (AvgIpc) is 2.72. The van der Waals surface area contributed by atoms with Crippen LogP contribution in [0.15, 0.2) is 71.6 Å². The van der Waals surface area contributed by atoms with E-state index in [0.29, 0.717) is 33.3 Å². The van der Waals surface area contributed by atoms with Gasteiger partial charge < -0.3 is 14.8 Å². The molecular formula is C21H19ClN2O5S. The first-order valence-corrected chi connectivity index (χ1v) is 10.7. The standard InChI is InChI=1S/C21H19ClN2O5S/c1-28-20-10-5-14(11-15(20)13-29-18-4-2-3-16(22)12-18)21(25)24-17-6-8-19(9-7-17)30(23,26)27/h2-12H,13H2,1H3,(H,24,25)(H2,23,26,27). The Balaban J connectivity index is 1.75. The van der Waals surface area contributed by atoms with Crippen molar-refractivity contribution in [2.75, 3.05) is 12.4 Å². The highest BCUT2D eigenvalue weighted by molar-refractivity contribution is 7.89. The predicted octanol–water partition coefficient (Wildman–Crippen LogP) is 3.83. The molecule has 3 aromatic rings. The Bertz CT molecular complexity index is 1160. The van der Waals surface area contributed by atoms with Gasteiger partial charge in [0.25, 0.3) is 5.91 Å². The third-order valence-corrected chi connectivity index (χ3v) is 5.34. The number of nitrogens with one attached hydrogen (secondary N) is 1. The maximum Gasteiger partial charge on any atom is 0.255 e. The van der Waals surface area contributed by atoms with Crippen LogP contribution in [0.25, 0.3) is 0 Å². The van der Waals surface area contributed by atoms with E-state index < -0.39 is 10.0 Å². The molecule has 0 aliphatic rings. The molecule has 30 heavy (non-hydrogen) atoms. The number of carbonyl (C=O) groups is 1. The van der Waals surface area contributed by atoms with Crippen LogP contribution in [0.1, 0.15) is 15.9 Å². The Kier molecular flexibility index (Phi) is 6.61. The number of hydrogen-bond donors (Lipinski definition) is 2. The summed E-state index contributed by atoms with van der Waals surface area (Å²) in [6, 6.07) is 17.5. The number of anilines is 1. The molecule has 0 unspecified atom stereocenters. The lowest BCUT2D eigenvalue weighted by atomic mass is 10.1. The predicted molar refractivity (Wildman–Crippen MR) is 115 cm³/mol. The Morgan fingerprint density at radius 1 is 1.07 bits per heavy atom. The number of halogens is 1. The highest BCUT2D eigenvalue weighted by Crippen LogP contribution is 2.24. The van der Waals surface area contributed by atoms with E-state index in [9.17, 15) is 13.2 Å². The van der Waals surface area contributed by atoms with Crippen molar-refractivity contribution >= 4 is 33.2 Å². The van der Waals surface area contributed by atoms with Crippen molar-refractivity contribution in [2.24, 2.45) is 5.14 Å². The number of sulfonamides is 1. The van der Waals surface area contributed by atoms with Crippen LogP contribution in [-0.4, -0.2) is 21.4 Å². The van der Waals surface area contributed by atoms with Crippen LogP contribution in [-0.2, 0) is 16.6 Å². The van der Waals surface area contributed by atoms with E-state index in [4.69, 9.17) is 26.2 Å². The summed E-state index contributed by atoms with van der Waals surface area (Å²) in [6.07, 6.45) is 0. The van der Waals surface area contributed by atoms with Gasteiger partial charge in [-0.05, 0) is 60.7 Å². The summed E-state index contributed by atoms with van der Waals surface area (Å²) >= 11 is 5.97. The van der Waals surface area contributed by atoms with Crippen LogP contribution in [0.4, 0.5) is 5.69 Å². The van der Waals surface area contributed by atoms with Gasteiger partial charge in [0.15, 0.2) is 0 Å². The second kappa shape index (κ2) is 9.17. The van der Waals surface area contributed by atoms with Crippen molar-refractivity contribution in [1.29, 1.82) is 0 Å². The van der Waals surface area contributed by atoms with Gasteiger partial charge >= 0.3 is 0 Å². The lowest BCUT2D eigenvalue weighted by Gasteiger charge is -2.13. The zero-order valence-corrected chi connectivity index (χ0v) is 17.5. The molecule has 9 heteroatoms. The van der Waals surface area contributed by atoms with Crippen LogP contribution in [0.2, 0.25) is 5.02 Å². The quantitative estimate of drug-likeness (QED) is 0.573. The van der Waals surface area contributed by atoms with E-state index in [0.717, 1.165) is 0 Å². The fourth-order valence-corrected chi connectivity index (χ4v) is 3.38. The van der Waals surface area contributed by atoms with E-state index in [1.54, 1.807) is 42.5 Å². The highest BCUT2D eigenvalue weighted by atomic mass is 35.5. The van der Waals surface area contributed by atoms with Gasteiger partial charge in [-0.1, -0.05) is 17.7 Å². The summed E-state index contributed by atoms with van der Waals surface area (Å²) in [5.41, 5.74) is 1.49. The molecule has 3 N–H and O–H groups in total. The average molecular weight is 447 g/mol. The third-order valence-electron chi connectivity index (χ3n) is 4.17. The van der Waals surface area contributed by atoms with Gasteiger partial charge in [-0.3, -0.25) is 4.79 Å². The fraction of sp³-hybridized carbons (Fsp3) is 0.0952. The number of ether oxygens (including phenoxy) is 2. The first-order chi connectivity index (χ1) is 14.3. The van der Waals surface area contributed by atoms with Gasteiger partial charge in [0, 0.05) is 21.8 Å². The van der Waals surface area contributed by atoms with Crippen molar-refractivity contribution < 1.29 is 22.7 Å². The minimum absolute atomic E-state index is 0.0367. The number of primary sulfonamides is 1. The summed E-state index contributed by atoms with van der Waals surface area (Å²) in [7, 11) is -2.26. The van der Waals surface area contributed by atoms with Gasteiger partial charge in [0.05, 0.1) is 12.0 Å². The van der Waals surface area contributed by atoms with Crippen molar-refractivity contribution in [3.63, 3.8) is 0 Å². The second-order valence-electron chi connectivity index (χ2n) is 6.30. The SMILES string of the molecule is COc1ccc(C(=O)Nc2ccc(S(N)(=O)=O)cc2)cc1COc1cccc(Cl)c1. The summed E-state index contributed by atoms with van der Waals surface area (Å²) in [5, 5.41) is 8.34. The van der Waals surface area contributed by atoms with E-state index in [2.05, 4.69) is 5.32 Å². The lowest BCUT2D eigenvalue weighted by Crippen LogP contribution is -2.14. The molecule has 0 saturated heterocycles. The maximum atomic E-state index is 12.6. The van der Waals surface area contributed by atoms with Gasteiger partial charge in [-0.2, -0.15) is 0 Å². The smallest absolute Gasteiger partial charge is 0.255 e. The molecule has 3 aromatic carbocycles. The summed E-state index contributed by atoms with van der Waals surface area (Å²) in [5.74, 6) is 0.797. The molecule has 0 heterocycles. The molecule has 3 rings (SSSR count). The summed E-state index contributed by atoms with van der Waals surface area (Å²) in [6.45, 7) is 0.174. The summed E-state index contributed by atoms with van der Waals surface area (Å²) in [4.78, 5) is 12.6. The molecule has 7 nitrogen and oxygen atoms in total. The molecule has 0 radical (unpaired) electrons. The number of nitrogens with two attached hydrogens (primary N) is 1. The topological polar surface area (TPSA) is 108 Å². The number of carbonyl (C=O) groups excluding carboxylic acids is 1. The van der Waals surface area contributed by atoms with Crippen LogP contribution in [0.5, 0.6) is 11.5 Å². The first-order valence-electron chi connectivity index (χ1n) is 8.76. The zero-order chi connectivity index (χ0) is 21.7. The van der Waals surface area contributed by atoms with Crippen LogP contribution >= 0.6 is 11.6 Å². The van der Waals surface area contributed by atoms with E-state index in [1.165, 1.54) is 31.4 Å². The minimum atomic E-state index is -3.79. The van der Waals surface area contributed by atoms with Crippen molar-refractivity contribution in [3.05, 3.63) is 82.9 Å². The molecule has 0 saturated carbocycles.